The molecule has 2 aliphatic carbocycles. The van der Waals surface area contributed by atoms with E-state index in [0.29, 0.717) is 25.7 Å². The van der Waals surface area contributed by atoms with Crippen LogP contribution in [0.3, 0.4) is 0 Å². The fraction of sp³-hybridized carbons (Fsp3) is 0.500. The van der Waals surface area contributed by atoms with Crippen molar-refractivity contribution < 1.29 is 19.8 Å². The van der Waals surface area contributed by atoms with Crippen LogP contribution < -0.4 is 0 Å². The monoisotopic (exact) mass is 600 g/mol. The molecule has 0 aliphatic heterocycles. The van der Waals surface area contributed by atoms with Crippen LogP contribution in [0.2, 0.25) is 0 Å². The molecule has 2 N–H and O–H groups in total. The van der Waals surface area contributed by atoms with Gasteiger partial charge in [-0.1, -0.05) is 137 Å². The summed E-state index contributed by atoms with van der Waals surface area (Å²) in [5.41, 5.74) is 2.65. The second kappa shape index (κ2) is 15.3. The second-order valence-corrected chi connectivity index (χ2v) is 14.7. The molecule has 4 nitrogen and oxygen atoms in total. The number of carbonyl (C=O) groups excluding carboxylic acids is 2. The van der Waals surface area contributed by atoms with Crippen molar-refractivity contribution >= 4 is 11.6 Å². The van der Waals surface area contributed by atoms with Crippen LogP contribution in [0, 0.1) is 21.7 Å². The van der Waals surface area contributed by atoms with E-state index in [9.17, 15) is 19.8 Å². The Morgan fingerprint density at radius 3 is 1.07 bits per heavy atom. The van der Waals surface area contributed by atoms with Crippen molar-refractivity contribution in [3.63, 3.8) is 0 Å². The SMILES string of the molecule is CC(/C=C/C=C(C)/C=C/C(=O)[C@@]1(C)C[C@@H](O)CC1(C)C)=C\C=C\C=C(C)\C=C\C=C(C)\C=C\C(=O)[C@@]1(C)C[C@@H](O)CC1(C)C. The summed E-state index contributed by atoms with van der Waals surface area (Å²) in [5.74, 6) is 0.148. The lowest BCUT2D eigenvalue weighted by atomic mass is 9.66. The Kier molecular flexibility index (Phi) is 12.9. The first-order valence-corrected chi connectivity index (χ1v) is 15.9. The number of ketones is 2. The van der Waals surface area contributed by atoms with E-state index in [2.05, 4.69) is 27.7 Å². The Balaban J connectivity index is 1.87. The van der Waals surface area contributed by atoms with E-state index in [1.165, 1.54) is 0 Å². The van der Waals surface area contributed by atoms with Crippen LogP contribution in [0.25, 0.3) is 0 Å². The van der Waals surface area contributed by atoms with Crippen molar-refractivity contribution in [3.05, 3.63) is 107 Å². The van der Waals surface area contributed by atoms with Gasteiger partial charge in [-0.25, -0.2) is 0 Å². The molecule has 4 heteroatoms. The molecule has 44 heavy (non-hydrogen) atoms. The van der Waals surface area contributed by atoms with Gasteiger partial charge in [0.25, 0.3) is 0 Å². The standard InChI is InChI=1S/C40H56O4/c1-29(17-13-19-31(3)21-23-35(43)39(9)27-33(41)25-37(39,5)6)15-11-12-16-30(2)18-14-20-32(4)22-24-36(44)40(10)28-34(42)26-38(40,7)8/h11-24,33-34,41-42H,25-28H2,1-10H3/b12-11+,17-13+,18-14+,23-21+,24-22+,29-15+,30-16+,31-19+,32-20+/t33-,34-,39+,40+/m0/s1. The number of carbonyl (C=O) groups is 2. The van der Waals surface area contributed by atoms with Gasteiger partial charge in [-0.15, -0.1) is 0 Å². The number of allylic oxidation sites excluding steroid dienone is 18. The largest absolute Gasteiger partial charge is 0.393 e. The first kappa shape index (κ1) is 37.1. The van der Waals surface area contributed by atoms with Gasteiger partial charge in [-0.05, 0) is 76.4 Å². The molecule has 0 saturated heterocycles. The van der Waals surface area contributed by atoms with Crippen molar-refractivity contribution in [1.29, 1.82) is 0 Å². The molecule has 0 bridgehead atoms. The van der Waals surface area contributed by atoms with E-state index in [4.69, 9.17) is 0 Å². The molecule has 240 valence electrons. The summed E-state index contributed by atoms with van der Waals surface area (Å²) in [4.78, 5) is 25.9. The van der Waals surface area contributed by atoms with Gasteiger partial charge in [-0.3, -0.25) is 9.59 Å². The molecule has 4 atom stereocenters. The van der Waals surface area contributed by atoms with Gasteiger partial charge in [-0.2, -0.15) is 0 Å². The summed E-state index contributed by atoms with van der Waals surface area (Å²) in [6.45, 7) is 20.2. The first-order valence-electron chi connectivity index (χ1n) is 15.9. The van der Waals surface area contributed by atoms with Crippen molar-refractivity contribution in [1.82, 2.24) is 0 Å². The van der Waals surface area contributed by atoms with Crippen LogP contribution in [0.1, 0.15) is 94.9 Å². The lowest BCUT2D eigenvalue weighted by molar-refractivity contribution is -0.128. The molecule has 0 aromatic heterocycles. The molecule has 2 fully saturated rings. The zero-order chi connectivity index (χ0) is 33.3. The Labute approximate surface area is 267 Å². The smallest absolute Gasteiger partial charge is 0.162 e. The minimum absolute atomic E-state index is 0.0742. The average Bonchev–Trinajstić information content (AvgIpc) is 3.27. The summed E-state index contributed by atoms with van der Waals surface area (Å²) in [6.07, 6.45) is 28.6. The Morgan fingerprint density at radius 2 is 0.773 bits per heavy atom. The van der Waals surface area contributed by atoms with E-state index < -0.39 is 23.0 Å². The zero-order valence-corrected chi connectivity index (χ0v) is 28.8. The molecule has 2 saturated carbocycles. The van der Waals surface area contributed by atoms with Gasteiger partial charge in [0.1, 0.15) is 0 Å². The third kappa shape index (κ3) is 9.71. The molecule has 0 unspecified atom stereocenters. The summed E-state index contributed by atoms with van der Waals surface area (Å²) in [5, 5.41) is 20.2. The maximum absolute atomic E-state index is 12.9. The van der Waals surface area contributed by atoms with Crippen LogP contribution in [-0.4, -0.2) is 34.0 Å². The zero-order valence-electron chi connectivity index (χ0n) is 28.8. The molecule has 0 heterocycles. The minimum atomic E-state index is -0.542. The fourth-order valence-electron chi connectivity index (χ4n) is 6.26. The van der Waals surface area contributed by atoms with Gasteiger partial charge >= 0.3 is 0 Å². The third-order valence-electron chi connectivity index (χ3n) is 10.1. The molecular formula is C40H56O4. The number of rotatable bonds is 12. The Bertz CT molecular complexity index is 1230. The molecular weight excluding hydrogens is 544 g/mol. The average molecular weight is 601 g/mol. The highest BCUT2D eigenvalue weighted by Gasteiger charge is 2.53. The van der Waals surface area contributed by atoms with E-state index in [1.807, 2.05) is 114 Å². The van der Waals surface area contributed by atoms with Crippen LogP contribution in [0.4, 0.5) is 0 Å². The first-order chi connectivity index (χ1) is 20.3. The van der Waals surface area contributed by atoms with E-state index >= 15 is 0 Å². The normalized spacial score (nSPS) is 30.3. The molecule has 0 spiro atoms. The van der Waals surface area contributed by atoms with Crippen molar-refractivity contribution in [3.8, 4) is 0 Å². The highest BCUT2D eigenvalue weighted by atomic mass is 16.3. The highest BCUT2D eigenvalue weighted by molar-refractivity contribution is 5.96. The van der Waals surface area contributed by atoms with Crippen LogP contribution >= 0.6 is 0 Å². The lowest BCUT2D eigenvalue weighted by Crippen LogP contribution is -2.36. The van der Waals surface area contributed by atoms with Crippen LogP contribution in [-0.2, 0) is 9.59 Å². The van der Waals surface area contributed by atoms with Gasteiger partial charge in [0.15, 0.2) is 11.6 Å². The molecule has 0 radical (unpaired) electrons. The minimum Gasteiger partial charge on any atom is -0.393 e. The number of aliphatic hydroxyl groups excluding tert-OH is 2. The number of hydrogen-bond donors (Lipinski definition) is 2. The Morgan fingerprint density at radius 1 is 0.477 bits per heavy atom. The second-order valence-electron chi connectivity index (χ2n) is 14.7. The van der Waals surface area contributed by atoms with Crippen molar-refractivity contribution in [2.24, 2.45) is 21.7 Å². The summed E-state index contributed by atoms with van der Waals surface area (Å²) < 4.78 is 0. The summed E-state index contributed by atoms with van der Waals surface area (Å²) in [7, 11) is 0. The highest BCUT2D eigenvalue weighted by Crippen LogP contribution is 2.54. The van der Waals surface area contributed by atoms with E-state index in [-0.39, 0.29) is 22.4 Å². The fourth-order valence-corrected chi connectivity index (χ4v) is 6.26. The van der Waals surface area contributed by atoms with Gasteiger partial charge < -0.3 is 10.2 Å². The van der Waals surface area contributed by atoms with Gasteiger partial charge in [0.05, 0.1) is 12.2 Å². The molecule has 0 aromatic rings. The van der Waals surface area contributed by atoms with Gasteiger partial charge in [0.2, 0.25) is 0 Å². The summed E-state index contributed by atoms with van der Waals surface area (Å²) in [6, 6.07) is 0. The number of hydrogen-bond acceptors (Lipinski definition) is 4. The van der Waals surface area contributed by atoms with Crippen molar-refractivity contribution in [2.45, 2.75) is 107 Å². The quantitative estimate of drug-likeness (QED) is 0.173. The van der Waals surface area contributed by atoms with E-state index in [1.54, 1.807) is 12.2 Å². The topological polar surface area (TPSA) is 74.6 Å². The maximum Gasteiger partial charge on any atom is 0.162 e. The third-order valence-corrected chi connectivity index (χ3v) is 10.1. The lowest BCUT2D eigenvalue weighted by Gasteiger charge is -2.35. The number of aliphatic hydroxyl groups is 2. The van der Waals surface area contributed by atoms with Crippen LogP contribution in [0.15, 0.2) is 107 Å². The van der Waals surface area contributed by atoms with E-state index in [0.717, 1.165) is 22.3 Å². The predicted molar refractivity (Wildman–Crippen MR) is 185 cm³/mol. The Hall–Kier alpha value is -3.08. The van der Waals surface area contributed by atoms with Crippen molar-refractivity contribution in [2.75, 3.05) is 0 Å². The molecule has 0 aromatic carbocycles. The summed E-state index contributed by atoms with van der Waals surface area (Å²) >= 11 is 0. The molecule has 2 aliphatic rings. The van der Waals surface area contributed by atoms with Crippen LogP contribution in [0.5, 0.6) is 0 Å². The maximum atomic E-state index is 12.9. The predicted octanol–water partition coefficient (Wildman–Crippen LogP) is 9.07. The molecule has 2 rings (SSSR count). The molecule has 0 amide bonds. The van der Waals surface area contributed by atoms with Gasteiger partial charge in [0, 0.05) is 10.8 Å².